The van der Waals surface area contributed by atoms with E-state index in [1.165, 1.54) is 0 Å². The number of hydrogen-bond donors (Lipinski definition) is 0. The molecule has 0 radical (unpaired) electrons. The molecule has 0 bridgehead atoms. The largest absolute Gasteiger partial charge is 0.568 e. The molecule has 0 nitrogen and oxygen atoms in total. The lowest BCUT2D eigenvalue weighted by Gasteiger charge is -2.61. The molecule has 1 rings (SSSR count). The van der Waals surface area contributed by atoms with E-state index in [0.29, 0.717) is 0 Å². The zero-order chi connectivity index (χ0) is 15.0. The van der Waals surface area contributed by atoms with E-state index in [1.54, 1.807) is 0 Å². The van der Waals surface area contributed by atoms with Gasteiger partial charge in [0.05, 0.1) is 0 Å². The van der Waals surface area contributed by atoms with E-state index in [4.69, 9.17) is 0 Å². The highest BCUT2D eigenvalue weighted by atomic mass is 31.3. The monoisotopic (exact) mass is 330 g/mol. The van der Waals surface area contributed by atoms with E-state index >= 15 is 0 Å². The van der Waals surface area contributed by atoms with Crippen LogP contribution in [0, 0.1) is 0 Å². The van der Waals surface area contributed by atoms with Crippen LogP contribution in [0.2, 0.25) is 0 Å². The van der Waals surface area contributed by atoms with Crippen LogP contribution in [0.15, 0.2) is 0 Å². The van der Waals surface area contributed by atoms with Crippen molar-refractivity contribution in [3.8, 4) is 0 Å². The second kappa shape index (κ2) is 3.83. The van der Waals surface area contributed by atoms with E-state index < -0.39 is 39.5 Å². The minimum atomic E-state index is -4.67. The van der Waals surface area contributed by atoms with Gasteiger partial charge in [-0.2, -0.15) is 0 Å². The molecule has 0 unspecified atom stereocenters. The Balaban J connectivity index is 3.72. The topological polar surface area (TPSA) is 0 Å². The second-order valence-electron chi connectivity index (χ2n) is 6.65. The molecule has 0 amide bonds. The van der Waals surface area contributed by atoms with Crippen molar-refractivity contribution in [2.24, 2.45) is 0 Å². The zero-order valence-corrected chi connectivity index (χ0v) is 14.0. The van der Waals surface area contributed by atoms with Gasteiger partial charge in [-0.25, -0.2) is 0 Å². The summed E-state index contributed by atoms with van der Waals surface area (Å²) in [5.41, 5.74) is 0. The van der Waals surface area contributed by atoms with E-state index in [9.17, 15) is 25.9 Å². The summed E-state index contributed by atoms with van der Waals surface area (Å²) in [5.74, 6) is 0. The lowest BCUT2D eigenvalue weighted by atomic mass is 10.4. The predicted octanol–water partition coefficient (Wildman–Crippen LogP) is 4.96. The van der Waals surface area contributed by atoms with Crippen LogP contribution >= 0.6 is 21.1 Å². The van der Waals surface area contributed by atoms with Crippen molar-refractivity contribution in [1.82, 2.24) is 0 Å². The van der Waals surface area contributed by atoms with Gasteiger partial charge in [-0.05, 0) is 40.0 Å². The minimum absolute atomic E-state index is 0.877. The van der Waals surface area contributed by atoms with Crippen molar-refractivity contribution in [3.05, 3.63) is 0 Å². The molecule has 0 aromatic rings. The first-order valence-electron chi connectivity index (χ1n) is 5.54. The molecule has 0 aromatic heterocycles. The summed E-state index contributed by atoms with van der Waals surface area (Å²) in [6.07, 6.45) is -14.0. The van der Waals surface area contributed by atoms with E-state index in [0.717, 1.165) is 40.0 Å². The minimum Gasteiger partial charge on any atom is -0.406 e. The van der Waals surface area contributed by atoms with Gasteiger partial charge in [0.25, 0.3) is 0 Å². The molecule has 0 saturated carbocycles. The molecular weight excluding hydrogens is 311 g/mol. The molecule has 0 aliphatic carbocycles. The molecule has 0 N–H and O–H groups in total. The molecule has 108 valence electrons. The maximum absolute atomic E-state index is 14.3. The number of rotatable bonds is 0. The SMILES string of the molecule is C[P+]1(C)[B-](F)(F)[P+](C)(C)[B-](F)(F)[P+](C)(C)[B-]1(F)F. The lowest BCUT2D eigenvalue weighted by Crippen LogP contribution is -2.58. The van der Waals surface area contributed by atoms with Crippen molar-refractivity contribution in [2.45, 2.75) is 0 Å². The fraction of sp³-hybridized carbons (Fsp3) is 1.00. The Hall–Kier alpha value is 1.06. The Kier molecular flexibility index (Phi) is 3.64. The third-order valence-corrected chi connectivity index (χ3v) is 25.1. The van der Waals surface area contributed by atoms with Crippen molar-refractivity contribution >= 4 is 39.5 Å². The third-order valence-electron chi connectivity index (χ3n) is 4.80. The van der Waals surface area contributed by atoms with Gasteiger partial charge in [0.15, 0.2) is 0 Å². The molecule has 1 aliphatic rings. The molecule has 0 atom stereocenters. The van der Waals surface area contributed by atoms with Crippen LogP contribution in [0.25, 0.3) is 0 Å². The van der Waals surface area contributed by atoms with E-state index in [-0.39, 0.29) is 0 Å². The molecule has 12 heteroatoms. The van der Waals surface area contributed by atoms with Crippen molar-refractivity contribution in [1.29, 1.82) is 0 Å². The fourth-order valence-corrected chi connectivity index (χ4v) is 26.6. The number of hydrogen-bond acceptors (Lipinski definition) is 0. The predicted molar refractivity (Wildman–Crippen MR) is 80.2 cm³/mol. The van der Waals surface area contributed by atoms with Crippen LogP contribution in [0.5, 0.6) is 0 Å². The van der Waals surface area contributed by atoms with Gasteiger partial charge < -0.3 is 25.9 Å². The van der Waals surface area contributed by atoms with E-state index in [2.05, 4.69) is 0 Å². The summed E-state index contributed by atoms with van der Waals surface area (Å²) in [7, 11) is -11.9. The molecule has 0 aromatic carbocycles. The number of halogens is 6. The van der Waals surface area contributed by atoms with Gasteiger partial charge in [0, 0.05) is 0 Å². The summed E-state index contributed by atoms with van der Waals surface area (Å²) in [5, 5.41) is 0. The summed E-state index contributed by atoms with van der Waals surface area (Å²) in [6.45, 7) is 5.26. The van der Waals surface area contributed by atoms with Gasteiger partial charge in [0.2, 0.25) is 0 Å². The standard InChI is InChI=1S/C6H18B3F6P3/c1-16(2)7(10,11)17(3,4)9(14,15)18(5,6)8(16,12)13/h1-6H3. The fourth-order valence-electron chi connectivity index (χ4n) is 2.95. The molecule has 1 heterocycles. The van der Waals surface area contributed by atoms with Gasteiger partial charge in [-0.15, -0.1) is 0 Å². The van der Waals surface area contributed by atoms with Gasteiger partial charge in [-0.3, -0.25) is 0 Å². The van der Waals surface area contributed by atoms with Crippen molar-refractivity contribution in [2.75, 3.05) is 40.0 Å². The average molecular weight is 330 g/mol. The van der Waals surface area contributed by atoms with Gasteiger partial charge in [-0.1, -0.05) is 21.1 Å². The van der Waals surface area contributed by atoms with Crippen LogP contribution in [-0.4, -0.2) is 58.4 Å². The smallest absolute Gasteiger partial charge is 0.406 e. The van der Waals surface area contributed by atoms with E-state index in [1.807, 2.05) is 0 Å². The van der Waals surface area contributed by atoms with Gasteiger partial charge in [0.1, 0.15) is 0 Å². The summed E-state index contributed by atoms with van der Waals surface area (Å²) in [4.78, 5) is 0. The highest BCUT2D eigenvalue weighted by molar-refractivity contribution is 8.74. The maximum Gasteiger partial charge on any atom is 0.568 e. The van der Waals surface area contributed by atoms with Crippen LogP contribution in [-0.2, 0) is 0 Å². The van der Waals surface area contributed by atoms with Crippen LogP contribution in [0.4, 0.5) is 25.9 Å². The zero-order valence-electron chi connectivity index (χ0n) is 11.3. The summed E-state index contributed by atoms with van der Waals surface area (Å²) in [6, 6.07) is 0. The Morgan fingerprint density at radius 3 is 0.667 bits per heavy atom. The Labute approximate surface area is 106 Å². The first-order valence-corrected chi connectivity index (χ1v) is 14.0. The second-order valence-corrected chi connectivity index (χ2v) is 21.5. The molecular formula is C6H18B3F6P3. The Bertz CT molecular complexity index is 266. The molecule has 1 fully saturated rings. The average Bonchev–Trinajstić information content (AvgIpc) is 2.14. The van der Waals surface area contributed by atoms with Crippen molar-refractivity contribution in [3.63, 3.8) is 0 Å². The molecule has 0 spiro atoms. The molecule has 18 heavy (non-hydrogen) atoms. The van der Waals surface area contributed by atoms with Crippen molar-refractivity contribution < 1.29 is 25.9 Å². The highest BCUT2D eigenvalue weighted by Crippen LogP contribution is 3.02. The first kappa shape index (κ1) is 17.1. The Morgan fingerprint density at radius 1 is 0.444 bits per heavy atom. The van der Waals surface area contributed by atoms with Crippen LogP contribution in [0.3, 0.4) is 0 Å². The maximum atomic E-state index is 14.3. The summed E-state index contributed by atoms with van der Waals surface area (Å²) < 4.78 is 86.1. The third kappa shape index (κ3) is 1.45. The first-order chi connectivity index (χ1) is 7.50. The van der Waals surface area contributed by atoms with Crippen LogP contribution in [0.1, 0.15) is 0 Å². The van der Waals surface area contributed by atoms with Crippen LogP contribution < -0.4 is 0 Å². The molecule has 1 aliphatic heterocycles. The van der Waals surface area contributed by atoms with Gasteiger partial charge >= 0.3 is 18.4 Å². The molecule has 1 saturated heterocycles. The lowest BCUT2D eigenvalue weighted by molar-refractivity contribution is 0.652. The normalized spacial score (nSPS) is 34.0. The summed E-state index contributed by atoms with van der Waals surface area (Å²) >= 11 is 0. The highest BCUT2D eigenvalue weighted by Gasteiger charge is 2.91. The Morgan fingerprint density at radius 2 is 0.556 bits per heavy atom. The quantitative estimate of drug-likeness (QED) is 0.335.